The largest absolute Gasteiger partial charge is 0.335 e. The number of sulfone groups is 1. The third kappa shape index (κ3) is 2.81. The molecule has 0 atom stereocenters. The Bertz CT molecular complexity index is 726. The van der Waals surface area contributed by atoms with Gasteiger partial charge in [-0.15, -0.1) is 0 Å². The quantitative estimate of drug-likeness (QED) is 0.893. The van der Waals surface area contributed by atoms with Crippen molar-refractivity contribution in [1.82, 2.24) is 9.97 Å². The van der Waals surface area contributed by atoms with Crippen LogP contribution in [0.3, 0.4) is 0 Å². The Morgan fingerprint density at radius 1 is 1.15 bits per heavy atom. The van der Waals surface area contributed by atoms with Crippen molar-refractivity contribution in [2.75, 3.05) is 0 Å². The van der Waals surface area contributed by atoms with E-state index in [1.807, 2.05) is 12.1 Å². The summed E-state index contributed by atoms with van der Waals surface area (Å²) in [4.78, 5) is 7.11. The van der Waals surface area contributed by atoms with Gasteiger partial charge in [-0.25, -0.2) is 13.4 Å². The number of hydrogen-bond acceptors (Lipinski definition) is 3. The number of imidazole rings is 1. The van der Waals surface area contributed by atoms with Crippen molar-refractivity contribution in [3.63, 3.8) is 0 Å². The zero-order chi connectivity index (χ0) is 15.1. The van der Waals surface area contributed by atoms with E-state index in [0.717, 1.165) is 5.56 Å². The lowest BCUT2D eigenvalue weighted by Crippen LogP contribution is -2.11. The lowest BCUT2D eigenvalue weighted by molar-refractivity contribution is 0.585. The molecular formula is C14H17BrN2O2S. The van der Waals surface area contributed by atoms with Crippen molar-refractivity contribution in [3.05, 3.63) is 40.3 Å². The van der Waals surface area contributed by atoms with E-state index in [9.17, 15) is 8.42 Å². The Morgan fingerprint density at radius 2 is 1.70 bits per heavy atom. The first-order valence-corrected chi connectivity index (χ1v) is 8.48. The van der Waals surface area contributed by atoms with Crippen LogP contribution in [0, 0.1) is 6.92 Å². The number of rotatable bonds is 2. The van der Waals surface area contributed by atoms with E-state index in [0.29, 0.717) is 10.4 Å². The van der Waals surface area contributed by atoms with Crippen LogP contribution in [-0.2, 0) is 15.3 Å². The summed E-state index contributed by atoms with van der Waals surface area (Å²) in [5.74, 6) is 0. The summed E-state index contributed by atoms with van der Waals surface area (Å²) in [7, 11) is -3.58. The van der Waals surface area contributed by atoms with Gasteiger partial charge in [-0.2, -0.15) is 0 Å². The molecule has 1 N–H and O–H groups in total. The fraction of sp³-hybridized carbons (Fsp3) is 0.357. The molecule has 108 valence electrons. The maximum Gasteiger partial charge on any atom is 0.225 e. The second-order valence-corrected chi connectivity index (χ2v) is 8.35. The van der Waals surface area contributed by atoms with Gasteiger partial charge in [0.05, 0.1) is 10.6 Å². The molecule has 1 aromatic carbocycles. The first-order chi connectivity index (χ1) is 9.12. The zero-order valence-electron chi connectivity index (χ0n) is 11.9. The number of H-pyrrole nitrogens is 1. The van der Waals surface area contributed by atoms with Crippen LogP contribution < -0.4 is 0 Å². The van der Waals surface area contributed by atoms with Crippen LogP contribution in [0.5, 0.6) is 0 Å². The lowest BCUT2D eigenvalue weighted by Gasteiger charge is -2.19. The predicted molar refractivity (Wildman–Crippen MR) is 81.6 cm³/mol. The molecule has 0 fully saturated rings. The third-order valence-electron chi connectivity index (χ3n) is 3.10. The maximum absolute atomic E-state index is 12.5. The number of aryl methyl sites for hydroxylation is 1. The van der Waals surface area contributed by atoms with E-state index in [2.05, 4.69) is 46.7 Å². The number of aromatic amines is 1. The highest BCUT2D eigenvalue weighted by molar-refractivity contribution is 9.10. The molecule has 0 amide bonds. The molecule has 0 saturated heterocycles. The Morgan fingerprint density at radius 3 is 2.10 bits per heavy atom. The second-order valence-electron chi connectivity index (χ2n) is 5.74. The molecule has 0 spiro atoms. The van der Waals surface area contributed by atoms with Crippen LogP contribution in [0.15, 0.2) is 38.9 Å². The number of hydrogen-bond donors (Lipinski definition) is 1. The first kappa shape index (κ1) is 15.3. The highest BCUT2D eigenvalue weighted by Crippen LogP contribution is 2.27. The van der Waals surface area contributed by atoms with Crippen molar-refractivity contribution >= 4 is 25.8 Å². The fourth-order valence-electron chi connectivity index (χ4n) is 1.92. The molecule has 0 bridgehead atoms. The normalized spacial score (nSPS) is 12.7. The summed E-state index contributed by atoms with van der Waals surface area (Å²) in [5.41, 5.74) is 1.61. The molecule has 20 heavy (non-hydrogen) atoms. The second kappa shape index (κ2) is 5.00. The fourth-order valence-corrected chi connectivity index (χ4v) is 3.89. The average Bonchev–Trinajstić information content (AvgIpc) is 2.68. The number of nitrogens with zero attached hydrogens (tertiary/aromatic N) is 1. The predicted octanol–water partition coefficient (Wildman–Crippen LogP) is 3.61. The van der Waals surface area contributed by atoms with Crippen LogP contribution >= 0.6 is 15.9 Å². The summed E-state index contributed by atoms with van der Waals surface area (Å²) in [6, 6.07) is 6.98. The molecule has 6 heteroatoms. The van der Waals surface area contributed by atoms with Gasteiger partial charge < -0.3 is 4.98 Å². The molecule has 2 rings (SSSR count). The summed E-state index contributed by atoms with van der Waals surface area (Å²) in [5, 5.41) is 0.0629. The standard InChI is InChI=1S/C14H17BrN2O2S/c1-9-12(17-13(15)16-9)20(18,19)11-7-5-10(6-8-11)14(2,3)4/h5-8H,1-4H3,(H,16,17). The molecule has 0 aliphatic rings. The van der Waals surface area contributed by atoms with Gasteiger partial charge in [0.15, 0.2) is 9.76 Å². The maximum atomic E-state index is 12.5. The SMILES string of the molecule is Cc1[nH]c(Br)nc1S(=O)(=O)c1ccc(C(C)(C)C)cc1. The molecule has 0 radical (unpaired) electrons. The van der Waals surface area contributed by atoms with Crippen LogP contribution in [0.1, 0.15) is 32.0 Å². The van der Waals surface area contributed by atoms with Crippen molar-refractivity contribution in [1.29, 1.82) is 0 Å². The summed E-state index contributed by atoms with van der Waals surface area (Å²) < 4.78 is 25.5. The molecule has 4 nitrogen and oxygen atoms in total. The first-order valence-electron chi connectivity index (χ1n) is 6.20. The van der Waals surface area contributed by atoms with Crippen molar-refractivity contribution in [2.24, 2.45) is 0 Å². The van der Waals surface area contributed by atoms with Gasteiger partial charge in [-0.3, -0.25) is 0 Å². The van der Waals surface area contributed by atoms with Crippen LogP contribution in [-0.4, -0.2) is 18.4 Å². The highest BCUT2D eigenvalue weighted by Gasteiger charge is 2.24. The van der Waals surface area contributed by atoms with Crippen LogP contribution in [0.4, 0.5) is 0 Å². The number of benzene rings is 1. The minimum absolute atomic E-state index is 0.00638. The minimum atomic E-state index is -3.58. The number of nitrogens with one attached hydrogen (secondary N) is 1. The molecule has 1 heterocycles. The summed E-state index contributed by atoms with van der Waals surface area (Å²) >= 11 is 3.15. The molecule has 0 aliphatic heterocycles. The van der Waals surface area contributed by atoms with Crippen molar-refractivity contribution in [3.8, 4) is 0 Å². The monoisotopic (exact) mass is 356 g/mol. The lowest BCUT2D eigenvalue weighted by atomic mass is 9.87. The Labute approximate surface area is 127 Å². The Hall–Kier alpha value is -1.14. The molecular weight excluding hydrogens is 340 g/mol. The van der Waals surface area contributed by atoms with E-state index in [1.165, 1.54) is 0 Å². The summed E-state index contributed by atoms with van der Waals surface area (Å²) in [6.07, 6.45) is 0. The van der Waals surface area contributed by atoms with Gasteiger partial charge in [0.1, 0.15) is 0 Å². The molecule has 1 aromatic heterocycles. The minimum Gasteiger partial charge on any atom is -0.335 e. The topological polar surface area (TPSA) is 62.8 Å². The zero-order valence-corrected chi connectivity index (χ0v) is 14.3. The van der Waals surface area contributed by atoms with Crippen molar-refractivity contribution in [2.45, 2.75) is 43.0 Å². The van der Waals surface area contributed by atoms with E-state index < -0.39 is 9.84 Å². The highest BCUT2D eigenvalue weighted by atomic mass is 79.9. The molecule has 2 aromatic rings. The molecule has 0 saturated carbocycles. The molecule has 0 aliphatic carbocycles. The van der Waals surface area contributed by atoms with Gasteiger partial charge in [0.25, 0.3) is 0 Å². The van der Waals surface area contributed by atoms with E-state index in [-0.39, 0.29) is 15.3 Å². The Kier molecular flexibility index (Phi) is 3.81. The van der Waals surface area contributed by atoms with Gasteiger partial charge in [-0.05, 0) is 46.0 Å². The van der Waals surface area contributed by atoms with Gasteiger partial charge in [0.2, 0.25) is 9.84 Å². The summed E-state index contributed by atoms with van der Waals surface area (Å²) in [6.45, 7) is 7.95. The number of aromatic nitrogens is 2. The molecule has 0 unspecified atom stereocenters. The van der Waals surface area contributed by atoms with E-state index in [4.69, 9.17) is 0 Å². The van der Waals surface area contributed by atoms with Gasteiger partial charge in [-0.1, -0.05) is 32.9 Å². The van der Waals surface area contributed by atoms with Crippen LogP contribution in [0.2, 0.25) is 0 Å². The van der Waals surface area contributed by atoms with Gasteiger partial charge >= 0.3 is 0 Å². The number of halogens is 1. The van der Waals surface area contributed by atoms with E-state index in [1.54, 1.807) is 19.1 Å². The van der Waals surface area contributed by atoms with E-state index >= 15 is 0 Å². The van der Waals surface area contributed by atoms with Gasteiger partial charge in [0, 0.05) is 0 Å². The third-order valence-corrected chi connectivity index (χ3v) is 5.27. The average molecular weight is 357 g/mol. The smallest absolute Gasteiger partial charge is 0.225 e. The van der Waals surface area contributed by atoms with Crippen molar-refractivity contribution < 1.29 is 8.42 Å². The Balaban J connectivity index is 2.48. The van der Waals surface area contributed by atoms with Crippen LogP contribution in [0.25, 0.3) is 0 Å².